The minimum atomic E-state index is -0.294. The van der Waals surface area contributed by atoms with Crippen molar-refractivity contribution in [2.45, 2.75) is 0 Å². The molecule has 0 aliphatic heterocycles. The third-order valence-electron chi connectivity index (χ3n) is 1.64. The molecular weight excluding hydrogens is 295 g/mol. The normalized spacial score (nSPS) is 9.57. The Labute approximate surface area is 96.0 Å². The quantitative estimate of drug-likeness (QED) is 0.504. The summed E-state index contributed by atoms with van der Waals surface area (Å²) in [5, 5.41) is 2.95. The molecule has 5 heteroatoms. The molecule has 0 bridgehead atoms. The number of hydrogen-bond acceptors (Lipinski definition) is 4. The summed E-state index contributed by atoms with van der Waals surface area (Å²) in [6.45, 7) is 0.163. The molecule has 14 heavy (non-hydrogen) atoms. The van der Waals surface area contributed by atoms with E-state index in [9.17, 15) is 4.79 Å². The Morgan fingerprint density at radius 2 is 2.36 bits per heavy atom. The van der Waals surface area contributed by atoms with E-state index in [0.29, 0.717) is 5.69 Å². The number of methoxy groups -OCH3 is 1. The molecule has 0 heterocycles. The average Bonchev–Trinajstić information content (AvgIpc) is 2.16. The smallest absolute Gasteiger partial charge is 0.325 e. The van der Waals surface area contributed by atoms with Crippen LogP contribution < -0.4 is 11.1 Å². The van der Waals surface area contributed by atoms with Gasteiger partial charge in [0.2, 0.25) is 0 Å². The van der Waals surface area contributed by atoms with Gasteiger partial charge in [0, 0.05) is 14.9 Å². The summed E-state index contributed by atoms with van der Waals surface area (Å²) in [5.41, 5.74) is 7.17. The molecule has 0 aliphatic rings. The molecule has 1 rings (SSSR count). The van der Waals surface area contributed by atoms with Gasteiger partial charge in [-0.2, -0.15) is 0 Å². The Morgan fingerprint density at radius 3 is 2.93 bits per heavy atom. The highest BCUT2D eigenvalue weighted by atomic mass is 127. The summed E-state index contributed by atoms with van der Waals surface area (Å²) in [4.78, 5) is 10.9. The number of benzene rings is 1. The van der Waals surface area contributed by atoms with Gasteiger partial charge < -0.3 is 15.8 Å². The molecular formula is C9H11IN2O2. The Hall–Kier alpha value is -0.980. The van der Waals surface area contributed by atoms with Crippen molar-refractivity contribution >= 4 is 39.9 Å². The van der Waals surface area contributed by atoms with Crippen LogP contribution in [-0.4, -0.2) is 19.6 Å². The van der Waals surface area contributed by atoms with Gasteiger partial charge in [0.1, 0.15) is 6.54 Å². The second-order valence-electron chi connectivity index (χ2n) is 2.67. The van der Waals surface area contributed by atoms with Crippen LogP contribution in [0.15, 0.2) is 18.2 Å². The number of nitrogen functional groups attached to an aromatic ring is 1. The first-order chi connectivity index (χ1) is 6.63. The standard InChI is InChI=1S/C9H11IN2O2/c1-14-9(13)5-12-8-3-2-6(11)4-7(8)10/h2-4,12H,5,11H2,1H3. The zero-order valence-electron chi connectivity index (χ0n) is 7.71. The highest BCUT2D eigenvalue weighted by molar-refractivity contribution is 14.1. The van der Waals surface area contributed by atoms with Crippen LogP contribution in [0.4, 0.5) is 11.4 Å². The van der Waals surface area contributed by atoms with Crippen molar-refractivity contribution in [2.24, 2.45) is 0 Å². The van der Waals surface area contributed by atoms with E-state index in [1.165, 1.54) is 7.11 Å². The Kier molecular flexibility index (Phi) is 3.99. The van der Waals surface area contributed by atoms with Gasteiger partial charge in [-0.3, -0.25) is 4.79 Å². The van der Waals surface area contributed by atoms with Crippen LogP contribution in [0.1, 0.15) is 0 Å². The molecule has 0 amide bonds. The third kappa shape index (κ3) is 3.06. The Morgan fingerprint density at radius 1 is 1.64 bits per heavy atom. The number of hydrogen-bond donors (Lipinski definition) is 2. The number of nitrogens with two attached hydrogens (primary N) is 1. The van der Waals surface area contributed by atoms with Crippen molar-refractivity contribution in [1.29, 1.82) is 0 Å². The molecule has 0 aliphatic carbocycles. The number of halogens is 1. The summed E-state index contributed by atoms with van der Waals surface area (Å²) in [5.74, 6) is -0.294. The molecule has 4 nitrogen and oxygen atoms in total. The van der Waals surface area contributed by atoms with Crippen LogP contribution in [0.5, 0.6) is 0 Å². The monoisotopic (exact) mass is 306 g/mol. The molecule has 0 radical (unpaired) electrons. The highest BCUT2D eigenvalue weighted by Crippen LogP contribution is 2.20. The molecule has 3 N–H and O–H groups in total. The maximum Gasteiger partial charge on any atom is 0.325 e. The first kappa shape index (κ1) is 11.1. The lowest BCUT2D eigenvalue weighted by molar-refractivity contribution is -0.138. The molecule has 76 valence electrons. The molecule has 0 aromatic heterocycles. The lowest BCUT2D eigenvalue weighted by Gasteiger charge is -2.07. The van der Waals surface area contributed by atoms with E-state index in [4.69, 9.17) is 5.73 Å². The van der Waals surface area contributed by atoms with Crippen molar-refractivity contribution in [3.05, 3.63) is 21.8 Å². The zero-order chi connectivity index (χ0) is 10.6. The van der Waals surface area contributed by atoms with Gasteiger partial charge in [-0.05, 0) is 40.8 Å². The average molecular weight is 306 g/mol. The fourth-order valence-corrected chi connectivity index (χ4v) is 1.64. The van der Waals surface area contributed by atoms with Crippen molar-refractivity contribution in [2.75, 3.05) is 24.7 Å². The van der Waals surface area contributed by atoms with Crippen LogP contribution >= 0.6 is 22.6 Å². The number of esters is 1. The van der Waals surface area contributed by atoms with Crippen molar-refractivity contribution in [3.8, 4) is 0 Å². The number of carbonyl (C=O) groups is 1. The highest BCUT2D eigenvalue weighted by Gasteiger charge is 2.02. The van der Waals surface area contributed by atoms with Gasteiger partial charge >= 0.3 is 5.97 Å². The summed E-state index contributed by atoms with van der Waals surface area (Å²) < 4.78 is 5.49. The zero-order valence-corrected chi connectivity index (χ0v) is 9.87. The predicted molar refractivity (Wildman–Crippen MR) is 64.1 cm³/mol. The van der Waals surface area contributed by atoms with Crippen LogP contribution in [0.3, 0.4) is 0 Å². The maximum atomic E-state index is 10.9. The number of rotatable bonds is 3. The van der Waals surface area contributed by atoms with Gasteiger partial charge in [0.05, 0.1) is 7.11 Å². The topological polar surface area (TPSA) is 64.3 Å². The number of ether oxygens (including phenoxy) is 1. The van der Waals surface area contributed by atoms with Crippen molar-refractivity contribution in [1.82, 2.24) is 0 Å². The maximum absolute atomic E-state index is 10.9. The summed E-state index contributed by atoms with van der Waals surface area (Å²) in [6, 6.07) is 5.45. The van der Waals surface area contributed by atoms with Crippen LogP contribution in [0.2, 0.25) is 0 Å². The minimum absolute atomic E-state index is 0.163. The lowest BCUT2D eigenvalue weighted by Crippen LogP contribution is -2.15. The van der Waals surface area contributed by atoms with E-state index in [-0.39, 0.29) is 12.5 Å². The summed E-state index contributed by atoms with van der Waals surface area (Å²) in [7, 11) is 1.36. The summed E-state index contributed by atoms with van der Waals surface area (Å²) in [6.07, 6.45) is 0. The third-order valence-corrected chi connectivity index (χ3v) is 2.54. The van der Waals surface area contributed by atoms with Gasteiger partial charge in [0.25, 0.3) is 0 Å². The second kappa shape index (κ2) is 5.04. The molecule has 0 spiro atoms. The molecule has 0 saturated carbocycles. The van der Waals surface area contributed by atoms with Gasteiger partial charge in [0.15, 0.2) is 0 Å². The van der Waals surface area contributed by atoms with E-state index in [0.717, 1.165) is 9.26 Å². The molecule has 0 unspecified atom stereocenters. The number of carbonyl (C=O) groups excluding carboxylic acids is 1. The lowest BCUT2D eigenvalue weighted by atomic mass is 10.3. The van der Waals surface area contributed by atoms with Crippen molar-refractivity contribution < 1.29 is 9.53 Å². The van der Waals surface area contributed by atoms with E-state index < -0.39 is 0 Å². The van der Waals surface area contributed by atoms with Gasteiger partial charge in [-0.15, -0.1) is 0 Å². The van der Waals surface area contributed by atoms with E-state index in [1.54, 1.807) is 6.07 Å². The molecule has 1 aromatic carbocycles. The summed E-state index contributed by atoms with van der Waals surface area (Å²) >= 11 is 2.15. The molecule has 0 fully saturated rings. The Bertz CT molecular complexity index is 342. The van der Waals surface area contributed by atoms with Crippen LogP contribution in [0.25, 0.3) is 0 Å². The fourth-order valence-electron chi connectivity index (χ4n) is 0.914. The minimum Gasteiger partial charge on any atom is -0.468 e. The van der Waals surface area contributed by atoms with Crippen molar-refractivity contribution in [3.63, 3.8) is 0 Å². The van der Waals surface area contributed by atoms with Crippen LogP contribution in [0, 0.1) is 3.57 Å². The molecule has 1 aromatic rings. The Balaban J connectivity index is 2.63. The SMILES string of the molecule is COC(=O)CNc1ccc(N)cc1I. The van der Waals surface area contributed by atoms with Gasteiger partial charge in [-0.1, -0.05) is 0 Å². The first-order valence-corrected chi connectivity index (χ1v) is 5.07. The first-order valence-electron chi connectivity index (χ1n) is 3.99. The van der Waals surface area contributed by atoms with Gasteiger partial charge in [-0.25, -0.2) is 0 Å². The fraction of sp³-hybridized carbons (Fsp3) is 0.222. The van der Waals surface area contributed by atoms with E-state index in [2.05, 4.69) is 32.6 Å². The number of anilines is 2. The molecule has 0 saturated heterocycles. The van der Waals surface area contributed by atoms with E-state index in [1.807, 2.05) is 12.1 Å². The second-order valence-corrected chi connectivity index (χ2v) is 3.83. The van der Waals surface area contributed by atoms with Crippen LogP contribution in [-0.2, 0) is 9.53 Å². The van der Waals surface area contributed by atoms with E-state index >= 15 is 0 Å². The number of nitrogens with one attached hydrogen (secondary N) is 1. The largest absolute Gasteiger partial charge is 0.468 e. The molecule has 0 atom stereocenters. The predicted octanol–water partition coefficient (Wildman–Crippen LogP) is 1.46.